The van der Waals surface area contributed by atoms with Gasteiger partial charge in [0.1, 0.15) is 11.4 Å². The van der Waals surface area contributed by atoms with Gasteiger partial charge in [0, 0.05) is 19.1 Å². The molecule has 2 aliphatic rings. The molecular weight excluding hydrogens is 354 g/mol. The summed E-state index contributed by atoms with van der Waals surface area (Å²) >= 11 is 0. The molecule has 0 saturated carbocycles. The molecular formula is C22H35N3O3. The van der Waals surface area contributed by atoms with E-state index in [-0.39, 0.29) is 6.09 Å². The highest BCUT2D eigenvalue weighted by atomic mass is 16.6. The number of carbonyl (C=O) groups excluding carboxylic acids is 1. The molecule has 6 heteroatoms. The molecule has 2 N–H and O–H groups in total. The Balaban J connectivity index is 1.54. The number of hydrogen-bond donors (Lipinski definition) is 2. The Kier molecular flexibility index (Phi) is 6.38. The Morgan fingerprint density at radius 2 is 1.75 bits per heavy atom. The SMILES string of the molecule is CN1CCC(Nc2ccc(C3CCN(C(=O)OC(C)(C)C)CC3)cc2O)CC1. The minimum Gasteiger partial charge on any atom is -0.506 e. The number of aromatic hydroxyl groups is 1. The van der Waals surface area contributed by atoms with Gasteiger partial charge in [0.2, 0.25) is 0 Å². The summed E-state index contributed by atoms with van der Waals surface area (Å²) in [5, 5.41) is 14.0. The standard InChI is InChI=1S/C22H35N3O3/c1-22(2,3)28-21(27)25-13-7-16(8-14-25)17-5-6-19(20(26)15-17)23-18-9-11-24(4)12-10-18/h5-6,15-16,18,23,26H,7-14H2,1-4H3. The Hall–Kier alpha value is -1.95. The van der Waals surface area contributed by atoms with E-state index in [1.807, 2.05) is 32.9 Å². The van der Waals surface area contributed by atoms with E-state index >= 15 is 0 Å². The maximum atomic E-state index is 12.2. The summed E-state index contributed by atoms with van der Waals surface area (Å²) in [4.78, 5) is 16.3. The Labute approximate surface area is 168 Å². The van der Waals surface area contributed by atoms with Crippen LogP contribution in [-0.4, -0.2) is 65.9 Å². The zero-order valence-electron chi connectivity index (χ0n) is 17.7. The van der Waals surface area contributed by atoms with Crippen LogP contribution in [0.15, 0.2) is 18.2 Å². The molecule has 1 aromatic carbocycles. The van der Waals surface area contributed by atoms with Gasteiger partial charge >= 0.3 is 6.09 Å². The molecule has 2 aliphatic heterocycles. The molecule has 6 nitrogen and oxygen atoms in total. The highest BCUT2D eigenvalue weighted by Crippen LogP contribution is 2.34. The second-order valence-electron chi connectivity index (χ2n) is 9.24. The molecule has 0 spiro atoms. The Morgan fingerprint density at radius 3 is 2.32 bits per heavy atom. The van der Waals surface area contributed by atoms with Gasteiger partial charge in [-0.05, 0) is 90.2 Å². The number of ether oxygens (including phenoxy) is 1. The summed E-state index contributed by atoms with van der Waals surface area (Å²) in [5.74, 6) is 0.688. The van der Waals surface area contributed by atoms with Crippen molar-refractivity contribution in [2.24, 2.45) is 0 Å². The predicted molar refractivity (Wildman–Crippen MR) is 112 cm³/mol. The van der Waals surface area contributed by atoms with Gasteiger partial charge < -0.3 is 25.0 Å². The molecule has 0 radical (unpaired) electrons. The van der Waals surface area contributed by atoms with E-state index in [1.165, 1.54) is 0 Å². The van der Waals surface area contributed by atoms with Crippen LogP contribution < -0.4 is 5.32 Å². The smallest absolute Gasteiger partial charge is 0.410 e. The molecule has 3 rings (SSSR count). The predicted octanol–water partition coefficient (Wildman–Crippen LogP) is 4.01. The zero-order chi connectivity index (χ0) is 20.3. The molecule has 0 bridgehead atoms. The lowest BCUT2D eigenvalue weighted by Gasteiger charge is -2.34. The third kappa shape index (κ3) is 5.53. The fraction of sp³-hybridized carbons (Fsp3) is 0.682. The molecule has 1 amide bonds. The number of hydrogen-bond acceptors (Lipinski definition) is 5. The van der Waals surface area contributed by atoms with E-state index in [0.29, 0.717) is 30.8 Å². The maximum absolute atomic E-state index is 12.2. The third-order valence-electron chi connectivity index (χ3n) is 5.72. The molecule has 1 aromatic rings. The van der Waals surface area contributed by atoms with Gasteiger partial charge in [-0.1, -0.05) is 6.07 Å². The number of anilines is 1. The van der Waals surface area contributed by atoms with Gasteiger partial charge in [-0.2, -0.15) is 0 Å². The first-order valence-corrected chi connectivity index (χ1v) is 10.5. The van der Waals surface area contributed by atoms with Gasteiger partial charge in [-0.25, -0.2) is 4.79 Å². The van der Waals surface area contributed by atoms with E-state index in [0.717, 1.165) is 50.0 Å². The number of piperidine rings is 2. The lowest BCUT2D eigenvalue weighted by atomic mass is 9.89. The van der Waals surface area contributed by atoms with Crippen molar-refractivity contribution in [2.45, 2.75) is 64.0 Å². The van der Waals surface area contributed by atoms with E-state index in [9.17, 15) is 9.90 Å². The largest absolute Gasteiger partial charge is 0.506 e. The average molecular weight is 390 g/mol. The number of nitrogens with zero attached hydrogens (tertiary/aromatic N) is 2. The van der Waals surface area contributed by atoms with Gasteiger partial charge in [-0.3, -0.25) is 0 Å². The fourth-order valence-electron chi connectivity index (χ4n) is 4.02. The number of nitrogens with one attached hydrogen (secondary N) is 1. The minimum atomic E-state index is -0.462. The fourth-order valence-corrected chi connectivity index (χ4v) is 4.02. The van der Waals surface area contributed by atoms with Crippen LogP contribution in [0.1, 0.15) is 57.9 Å². The lowest BCUT2D eigenvalue weighted by Crippen LogP contribution is -2.41. The van der Waals surface area contributed by atoms with Crippen LogP contribution in [0.2, 0.25) is 0 Å². The summed E-state index contributed by atoms with van der Waals surface area (Å²) in [6, 6.07) is 6.43. The first-order chi connectivity index (χ1) is 13.2. The molecule has 156 valence electrons. The summed E-state index contributed by atoms with van der Waals surface area (Å²) in [5.41, 5.74) is 1.51. The number of carbonyl (C=O) groups is 1. The van der Waals surface area contributed by atoms with Crippen molar-refractivity contribution in [1.29, 1.82) is 0 Å². The van der Waals surface area contributed by atoms with Gasteiger partial charge in [0.25, 0.3) is 0 Å². The number of benzene rings is 1. The monoisotopic (exact) mass is 389 g/mol. The van der Waals surface area contributed by atoms with Crippen molar-refractivity contribution in [3.05, 3.63) is 23.8 Å². The van der Waals surface area contributed by atoms with Crippen LogP contribution in [0, 0.1) is 0 Å². The number of phenolic OH excluding ortho intramolecular Hbond substituents is 1. The Bertz CT molecular complexity index is 670. The van der Waals surface area contributed by atoms with E-state index in [1.54, 1.807) is 4.90 Å². The van der Waals surface area contributed by atoms with Crippen molar-refractivity contribution in [3.8, 4) is 5.75 Å². The van der Waals surface area contributed by atoms with Gasteiger partial charge in [0.05, 0.1) is 5.69 Å². The molecule has 2 fully saturated rings. The number of amides is 1. The van der Waals surface area contributed by atoms with Crippen molar-refractivity contribution in [1.82, 2.24) is 9.80 Å². The van der Waals surface area contributed by atoms with Crippen LogP contribution in [0.3, 0.4) is 0 Å². The molecule has 0 aliphatic carbocycles. The first-order valence-electron chi connectivity index (χ1n) is 10.5. The van der Waals surface area contributed by atoms with Gasteiger partial charge in [-0.15, -0.1) is 0 Å². The lowest BCUT2D eigenvalue weighted by molar-refractivity contribution is 0.0205. The van der Waals surface area contributed by atoms with Crippen molar-refractivity contribution in [3.63, 3.8) is 0 Å². The molecule has 0 aromatic heterocycles. The van der Waals surface area contributed by atoms with Crippen LogP contribution in [0.4, 0.5) is 10.5 Å². The van der Waals surface area contributed by atoms with Crippen LogP contribution >= 0.6 is 0 Å². The normalized spacial score (nSPS) is 20.2. The Morgan fingerprint density at radius 1 is 1.11 bits per heavy atom. The second kappa shape index (κ2) is 8.60. The maximum Gasteiger partial charge on any atom is 0.410 e. The van der Waals surface area contributed by atoms with Gasteiger partial charge in [0.15, 0.2) is 0 Å². The molecule has 2 heterocycles. The van der Waals surface area contributed by atoms with Crippen LogP contribution in [0.5, 0.6) is 5.75 Å². The third-order valence-corrected chi connectivity index (χ3v) is 5.72. The van der Waals surface area contributed by atoms with Crippen LogP contribution in [0.25, 0.3) is 0 Å². The molecule has 2 saturated heterocycles. The summed E-state index contributed by atoms with van der Waals surface area (Å²) < 4.78 is 5.47. The van der Waals surface area contributed by atoms with Crippen LogP contribution in [-0.2, 0) is 4.74 Å². The zero-order valence-corrected chi connectivity index (χ0v) is 17.7. The molecule has 0 atom stereocenters. The quantitative estimate of drug-likeness (QED) is 0.765. The number of likely N-dealkylation sites (tertiary alicyclic amines) is 2. The van der Waals surface area contributed by atoms with Crippen molar-refractivity contribution < 1.29 is 14.6 Å². The van der Waals surface area contributed by atoms with E-state index in [2.05, 4.69) is 23.3 Å². The summed E-state index contributed by atoms with van der Waals surface area (Å²) in [7, 11) is 2.15. The molecule has 0 unspecified atom stereocenters. The van der Waals surface area contributed by atoms with E-state index < -0.39 is 5.60 Å². The average Bonchev–Trinajstić information content (AvgIpc) is 2.64. The number of phenols is 1. The topological polar surface area (TPSA) is 65.0 Å². The van der Waals surface area contributed by atoms with Crippen molar-refractivity contribution >= 4 is 11.8 Å². The highest BCUT2D eigenvalue weighted by molar-refractivity contribution is 5.68. The summed E-state index contributed by atoms with van der Waals surface area (Å²) in [6.07, 6.45) is 3.74. The van der Waals surface area contributed by atoms with E-state index in [4.69, 9.17) is 4.74 Å². The molecule has 28 heavy (non-hydrogen) atoms. The second-order valence-corrected chi connectivity index (χ2v) is 9.24. The first kappa shape index (κ1) is 20.8. The van der Waals surface area contributed by atoms with Crippen molar-refractivity contribution in [2.75, 3.05) is 38.5 Å². The summed E-state index contributed by atoms with van der Waals surface area (Å²) in [6.45, 7) is 9.23. The number of rotatable bonds is 3. The minimum absolute atomic E-state index is 0.230. The highest BCUT2D eigenvalue weighted by Gasteiger charge is 2.28.